The highest BCUT2D eigenvalue weighted by Crippen LogP contribution is 2.29. The summed E-state index contributed by atoms with van der Waals surface area (Å²) in [6.45, 7) is 1.57. The molecule has 0 aliphatic carbocycles. The van der Waals surface area contributed by atoms with E-state index in [1.54, 1.807) is 18.2 Å². The van der Waals surface area contributed by atoms with Gasteiger partial charge < -0.3 is 10.1 Å². The van der Waals surface area contributed by atoms with Crippen LogP contribution in [0.4, 0.5) is 5.69 Å². The van der Waals surface area contributed by atoms with Crippen LogP contribution in [0, 0.1) is 6.92 Å². The maximum Gasteiger partial charge on any atom is 0.310 e. The average molecular weight is 352 g/mol. The van der Waals surface area contributed by atoms with Gasteiger partial charge in [0.1, 0.15) is 0 Å². The summed E-state index contributed by atoms with van der Waals surface area (Å²) in [5.41, 5.74) is 2.24. The molecule has 120 valence electrons. The van der Waals surface area contributed by atoms with Crippen LogP contribution in [-0.4, -0.2) is 18.5 Å². The van der Waals surface area contributed by atoms with E-state index in [0.29, 0.717) is 15.7 Å². The number of nitrogens with one attached hydrogen (secondary N) is 1. The maximum absolute atomic E-state index is 11.8. The number of rotatable bonds is 5. The van der Waals surface area contributed by atoms with E-state index < -0.39 is 18.5 Å². The number of hydrogen-bond acceptors (Lipinski definition) is 3. The molecule has 1 N–H and O–H groups in total. The molecule has 0 unspecified atom stereocenters. The predicted molar refractivity (Wildman–Crippen MR) is 90.9 cm³/mol. The van der Waals surface area contributed by atoms with Gasteiger partial charge in [-0.25, -0.2) is 0 Å². The average Bonchev–Trinajstić information content (AvgIpc) is 2.51. The quantitative estimate of drug-likeness (QED) is 0.827. The van der Waals surface area contributed by atoms with Gasteiger partial charge in [0.05, 0.1) is 22.2 Å². The number of hydrogen-bond donors (Lipinski definition) is 1. The van der Waals surface area contributed by atoms with Crippen LogP contribution in [0.25, 0.3) is 0 Å². The minimum atomic E-state index is -0.503. The first kappa shape index (κ1) is 17.3. The van der Waals surface area contributed by atoms with Gasteiger partial charge >= 0.3 is 5.97 Å². The fraction of sp³-hybridized carbons (Fsp3) is 0.176. The molecule has 0 aliphatic rings. The van der Waals surface area contributed by atoms with Gasteiger partial charge in [-0.05, 0) is 24.6 Å². The number of benzene rings is 2. The van der Waals surface area contributed by atoms with E-state index in [1.165, 1.54) is 0 Å². The number of carbonyl (C=O) groups is 2. The lowest BCUT2D eigenvalue weighted by Gasteiger charge is -2.09. The zero-order chi connectivity index (χ0) is 16.8. The molecule has 6 heteroatoms. The Balaban J connectivity index is 1.84. The van der Waals surface area contributed by atoms with Crippen molar-refractivity contribution >= 4 is 40.8 Å². The SMILES string of the molecule is Cc1ccc(CC(=O)OCC(=O)Nc2c(Cl)cccc2Cl)cc1. The van der Waals surface area contributed by atoms with E-state index >= 15 is 0 Å². The van der Waals surface area contributed by atoms with Crippen molar-refractivity contribution in [2.24, 2.45) is 0 Å². The zero-order valence-electron chi connectivity index (χ0n) is 12.4. The zero-order valence-corrected chi connectivity index (χ0v) is 13.9. The molecule has 0 saturated heterocycles. The number of carbonyl (C=O) groups excluding carboxylic acids is 2. The van der Waals surface area contributed by atoms with E-state index in [1.807, 2.05) is 31.2 Å². The molecule has 2 aromatic carbocycles. The van der Waals surface area contributed by atoms with Crippen molar-refractivity contribution in [3.63, 3.8) is 0 Å². The standard InChI is InChI=1S/C17H15Cl2NO3/c1-11-5-7-12(8-6-11)9-16(22)23-10-15(21)20-17-13(18)3-2-4-14(17)19/h2-8H,9-10H2,1H3,(H,20,21). The number of halogens is 2. The molecule has 4 nitrogen and oxygen atoms in total. The lowest BCUT2D eigenvalue weighted by Crippen LogP contribution is -2.22. The summed E-state index contributed by atoms with van der Waals surface area (Å²) in [4.78, 5) is 23.5. The number of anilines is 1. The third kappa shape index (κ3) is 5.27. The molecular formula is C17H15Cl2NO3. The van der Waals surface area contributed by atoms with Gasteiger partial charge in [-0.3, -0.25) is 9.59 Å². The lowest BCUT2D eigenvalue weighted by molar-refractivity contribution is -0.146. The Labute approximate surface area is 144 Å². The van der Waals surface area contributed by atoms with E-state index in [0.717, 1.165) is 11.1 Å². The smallest absolute Gasteiger partial charge is 0.310 e. The van der Waals surface area contributed by atoms with Gasteiger partial charge in [0.15, 0.2) is 6.61 Å². The van der Waals surface area contributed by atoms with Crippen molar-refractivity contribution in [1.29, 1.82) is 0 Å². The summed E-state index contributed by atoms with van der Waals surface area (Å²) in [5.74, 6) is -0.980. The molecule has 23 heavy (non-hydrogen) atoms. The molecule has 0 spiro atoms. The van der Waals surface area contributed by atoms with E-state index in [-0.39, 0.29) is 6.42 Å². The summed E-state index contributed by atoms with van der Waals surface area (Å²) < 4.78 is 4.95. The fourth-order valence-electron chi connectivity index (χ4n) is 1.86. The molecule has 2 rings (SSSR count). The van der Waals surface area contributed by atoms with Crippen LogP contribution in [-0.2, 0) is 20.7 Å². The largest absolute Gasteiger partial charge is 0.455 e. The molecule has 0 saturated carbocycles. The molecule has 0 aliphatic heterocycles. The van der Waals surface area contributed by atoms with Crippen molar-refractivity contribution < 1.29 is 14.3 Å². The van der Waals surface area contributed by atoms with E-state index in [9.17, 15) is 9.59 Å². The summed E-state index contributed by atoms with van der Waals surface area (Å²) in [5, 5.41) is 3.16. The number of aryl methyl sites for hydroxylation is 1. The third-order valence-corrected chi connectivity index (χ3v) is 3.69. The number of amides is 1. The molecule has 0 atom stereocenters. The summed E-state index contributed by atoms with van der Waals surface area (Å²) in [6, 6.07) is 12.4. The number of ether oxygens (including phenoxy) is 1. The first-order valence-corrected chi connectivity index (χ1v) is 7.66. The summed E-state index contributed by atoms with van der Waals surface area (Å²) in [7, 11) is 0. The molecule has 0 aromatic heterocycles. The van der Waals surface area contributed by atoms with Crippen LogP contribution in [0.2, 0.25) is 10.0 Å². The second kappa shape index (κ2) is 7.99. The Bertz CT molecular complexity index is 694. The third-order valence-electron chi connectivity index (χ3n) is 3.06. The number of esters is 1. The molecule has 0 bridgehead atoms. The monoisotopic (exact) mass is 351 g/mol. The van der Waals surface area contributed by atoms with Gasteiger partial charge in [-0.15, -0.1) is 0 Å². The molecule has 0 fully saturated rings. The fourth-order valence-corrected chi connectivity index (χ4v) is 2.35. The van der Waals surface area contributed by atoms with Crippen LogP contribution >= 0.6 is 23.2 Å². The number of para-hydroxylation sites is 1. The molecule has 0 radical (unpaired) electrons. The van der Waals surface area contributed by atoms with Gasteiger partial charge in [0, 0.05) is 0 Å². The minimum absolute atomic E-state index is 0.112. The molecular weight excluding hydrogens is 337 g/mol. The summed E-state index contributed by atoms with van der Waals surface area (Å²) in [6.07, 6.45) is 0.112. The van der Waals surface area contributed by atoms with Gasteiger partial charge in [-0.2, -0.15) is 0 Å². The minimum Gasteiger partial charge on any atom is -0.455 e. The van der Waals surface area contributed by atoms with Crippen molar-refractivity contribution in [2.75, 3.05) is 11.9 Å². The first-order chi connectivity index (χ1) is 11.0. The highest BCUT2D eigenvalue weighted by Gasteiger charge is 2.12. The maximum atomic E-state index is 11.8. The van der Waals surface area contributed by atoms with Crippen LogP contribution in [0.5, 0.6) is 0 Å². The normalized spacial score (nSPS) is 10.2. The topological polar surface area (TPSA) is 55.4 Å². The van der Waals surface area contributed by atoms with Crippen LogP contribution in [0.1, 0.15) is 11.1 Å². The van der Waals surface area contributed by atoms with Crippen LogP contribution in [0.3, 0.4) is 0 Å². The van der Waals surface area contributed by atoms with Gasteiger partial charge in [0.2, 0.25) is 0 Å². The Kier molecular flexibility index (Phi) is 6.02. The second-order valence-electron chi connectivity index (χ2n) is 4.97. The van der Waals surface area contributed by atoms with E-state index in [2.05, 4.69) is 5.32 Å². The van der Waals surface area contributed by atoms with Crippen molar-refractivity contribution in [1.82, 2.24) is 0 Å². The van der Waals surface area contributed by atoms with Crippen molar-refractivity contribution in [2.45, 2.75) is 13.3 Å². The Hall–Kier alpha value is -2.04. The second-order valence-corrected chi connectivity index (χ2v) is 5.78. The summed E-state index contributed by atoms with van der Waals surface area (Å²) >= 11 is 11.9. The highest BCUT2D eigenvalue weighted by atomic mass is 35.5. The molecule has 2 aromatic rings. The molecule has 1 amide bonds. The predicted octanol–water partition coefficient (Wildman–Crippen LogP) is 4.03. The highest BCUT2D eigenvalue weighted by molar-refractivity contribution is 6.39. The van der Waals surface area contributed by atoms with Crippen LogP contribution in [0.15, 0.2) is 42.5 Å². The Morgan fingerprint density at radius 2 is 1.65 bits per heavy atom. The van der Waals surface area contributed by atoms with Gasteiger partial charge in [-0.1, -0.05) is 59.1 Å². The van der Waals surface area contributed by atoms with Crippen molar-refractivity contribution in [3.8, 4) is 0 Å². The lowest BCUT2D eigenvalue weighted by atomic mass is 10.1. The van der Waals surface area contributed by atoms with Gasteiger partial charge in [0.25, 0.3) is 5.91 Å². The van der Waals surface area contributed by atoms with Crippen molar-refractivity contribution in [3.05, 3.63) is 63.6 Å². The Morgan fingerprint density at radius 1 is 1.04 bits per heavy atom. The van der Waals surface area contributed by atoms with E-state index in [4.69, 9.17) is 27.9 Å². The molecule has 0 heterocycles. The Morgan fingerprint density at radius 3 is 2.26 bits per heavy atom. The first-order valence-electron chi connectivity index (χ1n) is 6.91. The van der Waals surface area contributed by atoms with Crippen LogP contribution < -0.4 is 5.32 Å².